The predicted molar refractivity (Wildman–Crippen MR) is 111 cm³/mol. The standard InChI is InChI=1S/C24H15NOS/c26-24-17-9-4-3-8-16(17)23-22(24)21(19-10-5-13-27-19)20-15-7-2-1-6-14(15)11-12-18(20)25-23/h1-13,21,25H. The van der Waals surface area contributed by atoms with E-state index in [0.717, 1.165) is 28.1 Å². The fraction of sp³-hybridized carbons (Fsp3) is 0.0417. The molecule has 0 spiro atoms. The summed E-state index contributed by atoms with van der Waals surface area (Å²) in [6.45, 7) is 0. The number of carbonyl (C=O) groups is 1. The zero-order valence-electron chi connectivity index (χ0n) is 14.4. The van der Waals surface area contributed by atoms with Crippen molar-refractivity contribution in [1.82, 2.24) is 0 Å². The summed E-state index contributed by atoms with van der Waals surface area (Å²) >= 11 is 1.72. The number of carbonyl (C=O) groups excluding carboxylic acids is 1. The van der Waals surface area contributed by atoms with Crippen molar-refractivity contribution in [2.24, 2.45) is 0 Å². The van der Waals surface area contributed by atoms with Gasteiger partial charge in [-0.3, -0.25) is 4.79 Å². The summed E-state index contributed by atoms with van der Waals surface area (Å²) in [6, 6.07) is 24.9. The van der Waals surface area contributed by atoms with E-state index in [-0.39, 0.29) is 11.7 Å². The third-order valence-corrected chi connectivity index (χ3v) is 6.53. The second-order valence-corrected chi connectivity index (χ2v) is 7.96. The highest BCUT2D eigenvalue weighted by Gasteiger charge is 2.40. The molecule has 0 radical (unpaired) electrons. The summed E-state index contributed by atoms with van der Waals surface area (Å²) < 4.78 is 0. The Morgan fingerprint density at radius 2 is 1.63 bits per heavy atom. The van der Waals surface area contributed by atoms with Crippen LogP contribution < -0.4 is 5.32 Å². The van der Waals surface area contributed by atoms with Crippen molar-refractivity contribution < 1.29 is 4.79 Å². The van der Waals surface area contributed by atoms with E-state index in [9.17, 15) is 4.79 Å². The van der Waals surface area contributed by atoms with Gasteiger partial charge in [0.2, 0.25) is 0 Å². The van der Waals surface area contributed by atoms with Crippen molar-refractivity contribution in [3.63, 3.8) is 0 Å². The molecule has 1 unspecified atom stereocenters. The van der Waals surface area contributed by atoms with Crippen LogP contribution in [0.15, 0.2) is 83.7 Å². The topological polar surface area (TPSA) is 29.1 Å². The molecule has 0 bridgehead atoms. The highest BCUT2D eigenvalue weighted by Crippen LogP contribution is 2.51. The Bertz CT molecular complexity index is 1270. The molecule has 1 aliphatic carbocycles. The van der Waals surface area contributed by atoms with Gasteiger partial charge >= 0.3 is 0 Å². The van der Waals surface area contributed by atoms with Crippen molar-refractivity contribution in [1.29, 1.82) is 0 Å². The smallest absolute Gasteiger partial charge is 0.192 e. The molecule has 6 rings (SSSR count). The lowest BCUT2D eigenvalue weighted by Crippen LogP contribution is -2.18. The van der Waals surface area contributed by atoms with E-state index in [2.05, 4.69) is 59.2 Å². The molecular weight excluding hydrogens is 350 g/mol. The summed E-state index contributed by atoms with van der Waals surface area (Å²) in [6.07, 6.45) is 0. The van der Waals surface area contributed by atoms with Gasteiger partial charge in [-0.2, -0.15) is 0 Å². The molecule has 2 nitrogen and oxygen atoms in total. The lowest BCUT2D eigenvalue weighted by molar-refractivity contribution is 0.103. The molecule has 27 heavy (non-hydrogen) atoms. The van der Waals surface area contributed by atoms with Gasteiger partial charge in [-0.15, -0.1) is 11.3 Å². The zero-order chi connectivity index (χ0) is 18.0. The first-order chi connectivity index (χ1) is 13.3. The van der Waals surface area contributed by atoms with Crippen LogP contribution in [0.5, 0.6) is 0 Å². The van der Waals surface area contributed by atoms with Crippen LogP contribution in [0.1, 0.15) is 32.3 Å². The average Bonchev–Trinajstić information content (AvgIpc) is 3.34. The summed E-state index contributed by atoms with van der Waals surface area (Å²) in [7, 11) is 0. The fourth-order valence-electron chi connectivity index (χ4n) is 4.45. The number of hydrogen-bond donors (Lipinski definition) is 1. The number of thiophene rings is 1. The first-order valence-electron chi connectivity index (χ1n) is 9.03. The van der Waals surface area contributed by atoms with Crippen LogP contribution in [0.4, 0.5) is 5.69 Å². The van der Waals surface area contributed by atoms with Crippen molar-refractivity contribution in [2.45, 2.75) is 5.92 Å². The molecule has 1 aromatic heterocycles. The molecule has 0 amide bonds. The van der Waals surface area contributed by atoms with E-state index in [4.69, 9.17) is 0 Å². The Balaban J connectivity index is 1.71. The van der Waals surface area contributed by atoms with Gasteiger partial charge in [0.15, 0.2) is 5.78 Å². The Morgan fingerprint density at radius 3 is 2.48 bits per heavy atom. The second-order valence-electron chi connectivity index (χ2n) is 6.98. The number of fused-ring (bicyclic) bond motifs is 5. The van der Waals surface area contributed by atoms with Gasteiger partial charge < -0.3 is 5.32 Å². The molecule has 1 N–H and O–H groups in total. The van der Waals surface area contributed by atoms with Gasteiger partial charge in [0.25, 0.3) is 0 Å². The van der Waals surface area contributed by atoms with Crippen LogP contribution in [0.25, 0.3) is 16.5 Å². The Morgan fingerprint density at radius 1 is 0.815 bits per heavy atom. The van der Waals surface area contributed by atoms with Crippen LogP contribution in [-0.4, -0.2) is 5.78 Å². The normalized spacial score (nSPS) is 17.5. The molecule has 128 valence electrons. The van der Waals surface area contributed by atoms with Crippen molar-refractivity contribution >= 4 is 39.3 Å². The summed E-state index contributed by atoms with van der Waals surface area (Å²) in [5, 5.41) is 8.09. The first-order valence-corrected chi connectivity index (χ1v) is 9.91. The lowest BCUT2D eigenvalue weighted by Gasteiger charge is -2.29. The molecule has 4 aromatic rings. The van der Waals surface area contributed by atoms with Crippen LogP contribution in [0.3, 0.4) is 0 Å². The molecule has 0 saturated carbocycles. The molecule has 0 fully saturated rings. The average molecular weight is 365 g/mol. The molecule has 3 aromatic carbocycles. The SMILES string of the molecule is O=C1C2=C(Nc3ccc4ccccc4c3C2c2cccs2)c2ccccc21. The van der Waals surface area contributed by atoms with Gasteiger partial charge in [0.1, 0.15) is 0 Å². The van der Waals surface area contributed by atoms with E-state index in [1.807, 2.05) is 24.3 Å². The number of nitrogens with one attached hydrogen (secondary N) is 1. The number of anilines is 1. The number of ketones is 1. The monoisotopic (exact) mass is 365 g/mol. The van der Waals surface area contributed by atoms with E-state index in [0.29, 0.717) is 0 Å². The van der Waals surface area contributed by atoms with E-state index in [1.165, 1.54) is 21.2 Å². The number of Topliss-reactive ketones (excluding diaryl/α,β-unsaturated/α-hetero) is 1. The number of allylic oxidation sites excluding steroid dienone is 1. The minimum absolute atomic E-state index is 0.0396. The van der Waals surface area contributed by atoms with Gasteiger partial charge in [0.05, 0.1) is 11.6 Å². The highest BCUT2D eigenvalue weighted by molar-refractivity contribution is 7.10. The van der Waals surface area contributed by atoms with Crippen LogP contribution in [0, 0.1) is 0 Å². The third kappa shape index (κ3) is 1.97. The molecule has 2 heterocycles. The number of hydrogen-bond acceptors (Lipinski definition) is 3. The molecule has 1 aliphatic heterocycles. The quantitative estimate of drug-likeness (QED) is 0.444. The van der Waals surface area contributed by atoms with Crippen LogP contribution in [-0.2, 0) is 0 Å². The van der Waals surface area contributed by atoms with Gasteiger partial charge in [0, 0.05) is 27.3 Å². The van der Waals surface area contributed by atoms with Gasteiger partial charge in [-0.1, -0.05) is 60.7 Å². The maximum Gasteiger partial charge on any atom is 0.192 e. The molecular formula is C24H15NOS. The van der Waals surface area contributed by atoms with Crippen molar-refractivity contribution in [2.75, 3.05) is 5.32 Å². The van der Waals surface area contributed by atoms with Crippen molar-refractivity contribution in [3.05, 3.63) is 105 Å². The first kappa shape index (κ1) is 14.9. The number of benzene rings is 3. The largest absolute Gasteiger partial charge is 0.354 e. The molecule has 3 heteroatoms. The van der Waals surface area contributed by atoms with Crippen LogP contribution >= 0.6 is 11.3 Å². The maximum absolute atomic E-state index is 13.4. The van der Waals surface area contributed by atoms with Gasteiger partial charge in [-0.05, 0) is 33.8 Å². The third-order valence-electron chi connectivity index (χ3n) is 5.59. The van der Waals surface area contributed by atoms with E-state index in [1.54, 1.807) is 11.3 Å². The fourth-order valence-corrected chi connectivity index (χ4v) is 5.29. The minimum atomic E-state index is -0.0396. The number of rotatable bonds is 1. The second kappa shape index (κ2) is 5.41. The van der Waals surface area contributed by atoms with Crippen LogP contribution in [0.2, 0.25) is 0 Å². The predicted octanol–water partition coefficient (Wildman–Crippen LogP) is 6.07. The highest BCUT2D eigenvalue weighted by atomic mass is 32.1. The summed E-state index contributed by atoms with van der Waals surface area (Å²) in [4.78, 5) is 14.6. The summed E-state index contributed by atoms with van der Waals surface area (Å²) in [5.74, 6) is 0.104. The van der Waals surface area contributed by atoms with Gasteiger partial charge in [-0.25, -0.2) is 0 Å². The zero-order valence-corrected chi connectivity index (χ0v) is 15.2. The van der Waals surface area contributed by atoms with Crippen molar-refractivity contribution in [3.8, 4) is 0 Å². The minimum Gasteiger partial charge on any atom is -0.354 e. The summed E-state index contributed by atoms with van der Waals surface area (Å²) in [5.41, 5.74) is 5.96. The molecule has 0 saturated heterocycles. The molecule has 2 aliphatic rings. The van der Waals surface area contributed by atoms with E-state index >= 15 is 0 Å². The Labute approximate surface area is 160 Å². The molecule has 1 atom stereocenters. The maximum atomic E-state index is 13.4. The Kier molecular flexibility index (Phi) is 3.00. The van der Waals surface area contributed by atoms with E-state index < -0.39 is 0 Å². The lowest BCUT2D eigenvalue weighted by atomic mass is 9.81. The Hall–Kier alpha value is -3.17.